The number of ether oxygens (including phenoxy) is 1. The zero-order chi connectivity index (χ0) is 19.5. The molecule has 7 nitrogen and oxygen atoms in total. The molecule has 2 N–H and O–H groups in total. The summed E-state index contributed by atoms with van der Waals surface area (Å²) in [6.07, 6.45) is -3.23. The Morgan fingerprint density at radius 2 is 2.12 bits per heavy atom. The van der Waals surface area contributed by atoms with E-state index in [1.165, 1.54) is 20.2 Å². The molecular formula is C16H19F3N4O3. The molecule has 0 bridgehead atoms. The molecule has 1 atom stereocenters. The van der Waals surface area contributed by atoms with Gasteiger partial charge in [0.05, 0.1) is 12.8 Å². The molecule has 0 aliphatic heterocycles. The number of H-pyrrole nitrogens is 1. The van der Waals surface area contributed by atoms with E-state index in [1.54, 1.807) is 6.92 Å². The Morgan fingerprint density at radius 3 is 2.69 bits per heavy atom. The second kappa shape index (κ2) is 7.63. The number of hydrogen-bond donors (Lipinski definition) is 2. The summed E-state index contributed by atoms with van der Waals surface area (Å²) < 4.78 is 44.6. The Morgan fingerprint density at radius 1 is 1.42 bits per heavy atom. The fourth-order valence-electron chi connectivity index (χ4n) is 2.38. The minimum absolute atomic E-state index is 0.0118. The lowest BCUT2D eigenvalue weighted by molar-refractivity contribution is -0.144. The third-order valence-electron chi connectivity index (χ3n) is 3.63. The maximum Gasteiger partial charge on any atom is 0.433 e. The van der Waals surface area contributed by atoms with Crippen molar-refractivity contribution in [3.63, 3.8) is 0 Å². The molecule has 0 aromatic carbocycles. The predicted molar refractivity (Wildman–Crippen MR) is 87.1 cm³/mol. The van der Waals surface area contributed by atoms with Crippen molar-refractivity contribution in [2.24, 2.45) is 5.92 Å². The van der Waals surface area contributed by atoms with Crippen LogP contribution < -0.4 is 15.5 Å². The number of alkyl halides is 3. The highest BCUT2D eigenvalue weighted by Gasteiger charge is 2.35. The molecule has 0 saturated heterocycles. The SMILES string of the molecule is COc1c[nH]c(C(=O)NCC(C)Cn2nc(C)cc2C(F)(F)F)cc1=O. The molecule has 0 aliphatic rings. The second-order valence-electron chi connectivity index (χ2n) is 5.95. The van der Waals surface area contributed by atoms with Gasteiger partial charge in [-0.3, -0.25) is 14.3 Å². The van der Waals surface area contributed by atoms with E-state index in [-0.39, 0.29) is 36.1 Å². The van der Waals surface area contributed by atoms with E-state index in [4.69, 9.17) is 4.74 Å². The summed E-state index contributed by atoms with van der Waals surface area (Å²) in [5, 5.41) is 6.43. The zero-order valence-electron chi connectivity index (χ0n) is 14.5. The van der Waals surface area contributed by atoms with Crippen LogP contribution in [0.2, 0.25) is 0 Å². The normalized spacial score (nSPS) is 12.7. The number of amides is 1. The number of carbonyl (C=O) groups excluding carboxylic acids is 1. The Hall–Kier alpha value is -2.78. The third-order valence-corrected chi connectivity index (χ3v) is 3.63. The Kier molecular flexibility index (Phi) is 5.73. The number of rotatable bonds is 6. The summed E-state index contributed by atoms with van der Waals surface area (Å²) in [6.45, 7) is 3.28. The van der Waals surface area contributed by atoms with Gasteiger partial charge in [0.25, 0.3) is 5.91 Å². The van der Waals surface area contributed by atoms with Crippen LogP contribution in [0.1, 0.15) is 28.8 Å². The van der Waals surface area contributed by atoms with Crippen LogP contribution in [-0.2, 0) is 12.7 Å². The largest absolute Gasteiger partial charge is 0.491 e. The molecule has 10 heteroatoms. The molecule has 2 rings (SSSR count). The van der Waals surface area contributed by atoms with Gasteiger partial charge in [-0.2, -0.15) is 18.3 Å². The lowest BCUT2D eigenvalue weighted by Gasteiger charge is -2.16. The lowest BCUT2D eigenvalue weighted by Crippen LogP contribution is -2.32. The number of halogens is 3. The standard InChI is InChI=1S/C16H19F3N4O3/c1-9(8-23-14(16(17,18)19)4-10(2)22-23)6-21-15(25)11-5-12(24)13(26-3)7-20-11/h4-5,7,9H,6,8H2,1-3H3,(H,20,24)(H,21,25). The van der Waals surface area contributed by atoms with Gasteiger partial charge < -0.3 is 15.0 Å². The highest BCUT2D eigenvalue weighted by atomic mass is 19.4. The van der Waals surface area contributed by atoms with E-state index < -0.39 is 23.2 Å². The number of aryl methyl sites for hydroxylation is 1. The van der Waals surface area contributed by atoms with Crippen LogP contribution in [0.4, 0.5) is 13.2 Å². The van der Waals surface area contributed by atoms with E-state index in [9.17, 15) is 22.8 Å². The quantitative estimate of drug-likeness (QED) is 0.811. The molecule has 0 radical (unpaired) electrons. The van der Waals surface area contributed by atoms with E-state index in [0.717, 1.165) is 16.8 Å². The maximum absolute atomic E-state index is 13.0. The third kappa shape index (κ3) is 4.64. The first-order valence-electron chi connectivity index (χ1n) is 7.78. The zero-order valence-corrected chi connectivity index (χ0v) is 14.5. The summed E-state index contributed by atoms with van der Waals surface area (Å²) in [6, 6.07) is 2.07. The molecule has 0 aliphatic carbocycles. The lowest BCUT2D eigenvalue weighted by atomic mass is 10.1. The van der Waals surface area contributed by atoms with Crippen molar-refractivity contribution in [1.82, 2.24) is 20.1 Å². The molecule has 26 heavy (non-hydrogen) atoms. The van der Waals surface area contributed by atoms with Crippen molar-refractivity contribution < 1.29 is 22.7 Å². The smallest absolute Gasteiger partial charge is 0.433 e. The molecule has 0 spiro atoms. The van der Waals surface area contributed by atoms with Crippen molar-refractivity contribution in [3.05, 3.63) is 45.6 Å². The summed E-state index contributed by atoms with van der Waals surface area (Å²) in [7, 11) is 1.33. The molecule has 0 fully saturated rings. The maximum atomic E-state index is 13.0. The Balaban J connectivity index is 1.99. The Bertz CT molecular complexity index is 842. The number of nitrogens with zero attached hydrogens (tertiary/aromatic N) is 2. The predicted octanol–water partition coefficient (Wildman–Crippen LogP) is 1.97. The van der Waals surface area contributed by atoms with Gasteiger partial charge in [0.1, 0.15) is 11.4 Å². The van der Waals surface area contributed by atoms with Gasteiger partial charge in [-0.15, -0.1) is 0 Å². The first-order chi connectivity index (χ1) is 12.1. The molecule has 0 saturated carbocycles. The summed E-state index contributed by atoms with van der Waals surface area (Å²) in [5.41, 5.74) is -0.975. The minimum Gasteiger partial charge on any atom is -0.491 e. The van der Waals surface area contributed by atoms with Crippen LogP contribution in [0.3, 0.4) is 0 Å². The van der Waals surface area contributed by atoms with Gasteiger partial charge in [0, 0.05) is 25.4 Å². The van der Waals surface area contributed by atoms with Gasteiger partial charge in [-0.1, -0.05) is 6.92 Å². The van der Waals surface area contributed by atoms with E-state index in [2.05, 4.69) is 15.4 Å². The average molecular weight is 372 g/mol. The first kappa shape index (κ1) is 19.5. The second-order valence-corrected chi connectivity index (χ2v) is 5.95. The number of aromatic amines is 1. The van der Waals surface area contributed by atoms with E-state index in [1.807, 2.05) is 0 Å². The molecule has 2 aromatic heterocycles. The van der Waals surface area contributed by atoms with Crippen LogP contribution in [0.5, 0.6) is 5.75 Å². The highest BCUT2D eigenvalue weighted by Crippen LogP contribution is 2.30. The molecule has 1 amide bonds. The first-order valence-corrected chi connectivity index (χ1v) is 7.78. The van der Waals surface area contributed by atoms with E-state index in [0.29, 0.717) is 0 Å². The van der Waals surface area contributed by atoms with Crippen molar-refractivity contribution in [3.8, 4) is 5.75 Å². The van der Waals surface area contributed by atoms with Gasteiger partial charge in [-0.25, -0.2) is 0 Å². The number of aromatic nitrogens is 3. The number of hydrogen-bond acceptors (Lipinski definition) is 4. The molecular weight excluding hydrogens is 353 g/mol. The van der Waals surface area contributed by atoms with Gasteiger partial charge in [0.15, 0.2) is 5.75 Å². The van der Waals surface area contributed by atoms with Gasteiger partial charge in [0.2, 0.25) is 5.43 Å². The molecule has 142 valence electrons. The Labute approximate surface area is 147 Å². The summed E-state index contributed by atoms with van der Waals surface area (Å²) >= 11 is 0. The minimum atomic E-state index is -4.49. The molecule has 2 aromatic rings. The van der Waals surface area contributed by atoms with Gasteiger partial charge >= 0.3 is 6.18 Å². The number of carbonyl (C=O) groups is 1. The highest BCUT2D eigenvalue weighted by molar-refractivity contribution is 5.92. The fourth-order valence-corrected chi connectivity index (χ4v) is 2.38. The van der Waals surface area contributed by atoms with Crippen molar-refractivity contribution in [1.29, 1.82) is 0 Å². The topological polar surface area (TPSA) is 89.0 Å². The van der Waals surface area contributed by atoms with Crippen LogP contribution in [-0.4, -0.2) is 34.3 Å². The fraction of sp³-hybridized carbons (Fsp3) is 0.438. The summed E-state index contributed by atoms with van der Waals surface area (Å²) in [5.74, 6) is -0.780. The molecule has 2 heterocycles. The van der Waals surface area contributed by atoms with Crippen LogP contribution >= 0.6 is 0 Å². The number of pyridine rings is 1. The van der Waals surface area contributed by atoms with Crippen LogP contribution in [0.25, 0.3) is 0 Å². The van der Waals surface area contributed by atoms with Crippen molar-refractivity contribution in [2.75, 3.05) is 13.7 Å². The van der Waals surface area contributed by atoms with Crippen LogP contribution in [0, 0.1) is 12.8 Å². The number of methoxy groups -OCH3 is 1. The van der Waals surface area contributed by atoms with Gasteiger partial charge in [-0.05, 0) is 18.9 Å². The van der Waals surface area contributed by atoms with Crippen molar-refractivity contribution >= 4 is 5.91 Å². The summed E-state index contributed by atoms with van der Waals surface area (Å²) in [4.78, 5) is 26.3. The van der Waals surface area contributed by atoms with Crippen LogP contribution in [0.15, 0.2) is 23.1 Å². The molecule has 1 unspecified atom stereocenters. The average Bonchev–Trinajstić information content (AvgIpc) is 2.93. The number of nitrogens with one attached hydrogen (secondary N) is 2. The van der Waals surface area contributed by atoms with Crippen molar-refractivity contribution in [2.45, 2.75) is 26.6 Å². The van der Waals surface area contributed by atoms with E-state index >= 15 is 0 Å². The monoisotopic (exact) mass is 372 g/mol.